The number of carboxylic acids is 2. The highest BCUT2D eigenvalue weighted by Crippen LogP contribution is 2.07. The van der Waals surface area contributed by atoms with Crippen molar-refractivity contribution in [1.82, 2.24) is 16.0 Å². The second-order valence-electron chi connectivity index (χ2n) is 8.65. The van der Waals surface area contributed by atoms with Gasteiger partial charge in [-0.15, -0.1) is 0 Å². The second-order valence-corrected chi connectivity index (χ2v) is 9.63. The topological polar surface area (TPSA) is 252 Å². The molecular formula is C24H37N7O7S. The van der Waals surface area contributed by atoms with Gasteiger partial charge in [0.25, 0.3) is 0 Å². The molecule has 4 atom stereocenters. The normalized spacial score (nSPS) is 13.7. The highest BCUT2D eigenvalue weighted by Gasteiger charge is 2.31. The summed E-state index contributed by atoms with van der Waals surface area (Å²) in [7, 11) is 0. The largest absolute Gasteiger partial charge is 0.481 e. The van der Waals surface area contributed by atoms with Gasteiger partial charge >= 0.3 is 11.9 Å². The molecule has 0 aliphatic carbocycles. The van der Waals surface area contributed by atoms with Crippen LogP contribution in [0.2, 0.25) is 0 Å². The van der Waals surface area contributed by atoms with Crippen molar-refractivity contribution in [2.75, 3.05) is 18.6 Å². The predicted octanol–water partition coefficient (Wildman–Crippen LogP) is -1.62. The number of carboxylic acid groups (broad SMARTS) is 2. The van der Waals surface area contributed by atoms with Crippen molar-refractivity contribution in [3.05, 3.63) is 35.9 Å². The van der Waals surface area contributed by atoms with Crippen molar-refractivity contribution < 1.29 is 34.2 Å². The highest BCUT2D eigenvalue weighted by atomic mass is 32.2. The first kappa shape index (κ1) is 33.2. The first-order valence-electron chi connectivity index (χ1n) is 12.1. The van der Waals surface area contributed by atoms with Gasteiger partial charge in [-0.25, -0.2) is 4.79 Å². The minimum Gasteiger partial charge on any atom is -0.481 e. The lowest BCUT2D eigenvalue weighted by atomic mass is 10.0. The third-order valence-corrected chi connectivity index (χ3v) is 6.10. The molecule has 1 aromatic carbocycles. The van der Waals surface area contributed by atoms with Gasteiger partial charge in [0.2, 0.25) is 17.7 Å². The molecule has 14 nitrogen and oxygen atoms in total. The number of carbonyl (C=O) groups is 5. The molecule has 1 rings (SSSR count). The van der Waals surface area contributed by atoms with E-state index < -0.39 is 60.2 Å². The molecule has 216 valence electrons. The fourth-order valence-corrected chi connectivity index (χ4v) is 3.89. The lowest BCUT2D eigenvalue weighted by Crippen LogP contribution is -2.58. The number of nitrogens with two attached hydrogens (primary N) is 3. The van der Waals surface area contributed by atoms with Crippen molar-refractivity contribution >= 4 is 47.4 Å². The summed E-state index contributed by atoms with van der Waals surface area (Å²) in [5.41, 5.74) is 17.0. The van der Waals surface area contributed by atoms with Crippen molar-refractivity contribution in [2.24, 2.45) is 22.2 Å². The molecule has 0 fully saturated rings. The Kier molecular flexibility index (Phi) is 15.0. The van der Waals surface area contributed by atoms with Gasteiger partial charge < -0.3 is 43.4 Å². The van der Waals surface area contributed by atoms with Crippen LogP contribution in [0.1, 0.15) is 31.2 Å². The Balaban J connectivity index is 3.08. The Hall–Kier alpha value is -3.85. The zero-order valence-electron chi connectivity index (χ0n) is 21.7. The average Bonchev–Trinajstić information content (AvgIpc) is 2.87. The van der Waals surface area contributed by atoms with Gasteiger partial charge in [-0.2, -0.15) is 11.8 Å². The fraction of sp³-hybridized carbons (Fsp3) is 0.500. The average molecular weight is 568 g/mol. The molecular weight excluding hydrogens is 530 g/mol. The number of thioether (sulfide) groups is 1. The SMILES string of the molecule is CSCCC(N)C(=O)NC(CC(=O)O)C(=O)NC(Cc1ccccc1)C(=O)NC(CCCN=C(N)N)C(=O)O. The maximum atomic E-state index is 13.1. The predicted molar refractivity (Wildman–Crippen MR) is 147 cm³/mol. The number of hydrogen-bond acceptors (Lipinski definition) is 8. The van der Waals surface area contributed by atoms with Crippen LogP contribution in [0.5, 0.6) is 0 Å². The van der Waals surface area contributed by atoms with E-state index in [1.165, 1.54) is 11.8 Å². The van der Waals surface area contributed by atoms with E-state index in [2.05, 4.69) is 20.9 Å². The number of benzene rings is 1. The molecule has 0 heterocycles. The summed E-state index contributed by atoms with van der Waals surface area (Å²) in [6, 6.07) is 3.56. The summed E-state index contributed by atoms with van der Waals surface area (Å²) in [6.07, 6.45) is 1.63. The standard InChI is InChI=1S/C24H37N7O7S/c1-39-11-9-15(25)20(34)30-18(13-19(32)33)22(36)31-17(12-14-6-3-2-4-7-14)21(35)29-16(23(37)38)8-5-10-28-24(26)27/h2-4,6-7,15-18H,5,8-13,25H2,1H3,(H,29,35)(H,30,34)(H,31,36)(H,32,33)(H,37,38)(H4,26,27,28). The van der Waals surface area contributed by atoms with Gasteiger partial charge in [0, 0.05) is 13.0 Å². The Labute approximate surface area is 230 Å². The first-order chi connectivity index (χ1) is 18.4. The molecule has 0 saturated carbocycles. The minimum absolute atomic E-state index is 0.00941. The molecule has 39 heavy (non-hydrogen) atoms. The van der Waals surface area contributed by atoms with Gasteiger partial charge in [-0.05, 0) is 36.8 Å². The molecule has 0 radical (unpaired) electrons. The molecule has 15 heteroatoms. The number of aliphatic carboxylic acids is 2. The maximum absolute atomic E-state index is 13.1. The lowest BCUT2D eigenvalue weighted by Gasteiger charge is -2.25. The van der Waals surface area contributed by atoms with Gasteiger partial charge in [0.05, 0.1) is 12.5 Å². The van der Waals surface area contributed by atoms with Crippen LogP contribution in [0, 0.1) is 0 Å². The Morgan fingerprint density at radius 1 is 0.897 bits per heavy atom. The van der Waals surface area contributed by atoms with Crippen LogP contribution in [-0.4, -0.2) is 88.6 Å². The van der Waals surface area contributed by atoms with Crippen molar-refractivity contribution in [3.8, 4) is 0 Å². The van der Waals surface area contributed by atoms with E-state index in [1.54, 1.807) is 30.3 Å². The van der Waals surface area contributed by atoms with Crippen LogP contribution >= 0.6 is 11.8 Å². The second kappa shape index (κ2) is 17.6. The van der Waals surface area contributed by atoms with E-state index >= 15 is 0 Å². The lowest BCUT2D eigenvalue weighted by molar-refractivity contribution is -0.143. The van der Waals surface area contributed by atoms with Crippen LogP contribution < -0.4 is 33.2 Å². The third-order valence-electron chi connectivity index (χ3n) is 5.46. The fourth-order valence-electron chi connectivity index (χ4n) is 3.40. The Morgan fingerprint density at radius 2 is 1.49 bits per heavy atom. The maximum Gasteiger partial charge on any atom is 0.326 e. The Morgan fingerprint density at radius 3 is 2.05 bits per heavy atom. The molecule has 4 unspecified atom stereocenters. The van der Waals surface area contributed by atoms with Crippen molar-refractivity contribution in [2.45, 2.75) is 56.3 Å². The van der Waals surface area contributed by atoms with Gasteiger partial charge in [0.1, 0.15) is 18.1 Å². The molecule has 0 aliphatic rings. The van der Waals surface area contributed by atoms with Crippen molar-refractivity contribution in [3.63, 3.8) is 0 Å². The van der Waals surface area contributed by atoms with Crippen LogP contribution in [0.3, 0.4) is 0 Å². The molecule has 0 aromatic heterocycles. The Bertz CT molecular complexity index is 1010. The minimum atomic E-state index is -1.52. The van der Waals surface area contributed by atoms with Crippen molar-refractivity contribution in [1.29, 1.82) is 0 Å². The summed E-state index contributed by atoms with van der Waals surface area (Å²) in [5.74, 6) is -4.67. The number of amides is 3. The molecule has 0 spiro atoms. The number of rotatable bonds is 18. The summed E-state index contributed by atoms with van der Waals surface area (Å²) < 4.78 is 0. The number of hydrogen-bond donors (Lipinski definition) is 8. The van der Waals surface area contributed by atoms with E-state index in [4.69, 9.17) is 17.2 Å². The number of carbonyl (C=O) groups excluding carboxylic acids is 3. The van der Waals surface area contributed by atoms with Crippen LogP contribution in [0.4, 0.5) is 0 Å². The van der Waals surface area contributed by atoms with E-state index in [0.29, 0.717) is 17.7 Å². The number of nitrogens with zero attached hydrogens (tertiary/aromatic N) is 1. The number of guanidine groups is 1. The van der Waals surface area contributed by atoms with Crippen LogP contribution in [0.25, 0.3) is 0 Å². The molecule has 0 bridgehead atoms. The summed E-state index contributed by atoms with van der Waals surface area (Å²) >= 11 is 1.47. The summed E-state index contributed by atoms with van der Waals surface area (Å²) in [4.78, 5) is 65.6. The molecule has 0 saturated heterocycles. The van der Waals surface area contributed by atoms with Gasteiger partial charge in [0.15, 0.2) is 5.96 Å². The highest BCUT2D eigenvalue weighted by molar-refractivity contribution is 7.98. The van der Waals surface area contributed by atoms with Gasteiger partial charge in [-0.1, -0.05) is 30.3 Å². The number of aliphatic imine (C=N–C) groups is 1. The van der Waals surface area contributed by atoms with Gasteiger partial charge in [-0.3, -0.25) is 24.2 Å². The van der Waals surface area contributed by atoms with E-state index in [1.807, 2.05) is 6.26 Å². The van der Waals surface area contributed by atoms with E-state index in [-0.39, 0.29) is 31.8 Å². The molecule has 0 aliphatic heterocycles. The monoisotopic (exact) mass is 567 g/mol. The third kappa shape index (κ3) is 13.5. The van der Waals surface area contributed by atoms with Crippen LogP contribution in [-0.2, 0) is 30.4 Å². The zero-order chi connectivity index (χ0) is 29.4. The number of nitrogens with one attached hydrogen (secondary N) is 3. The molecule has 3 amide bonds. The molecule has 11 N–H and O–H groups in total. The zero-order valence-corrected chi connectivity index (χ0v) is 22.5. The van der Waals surface area contributed by atoms with Crippen LogP contribution in [0.15, 0.2) is 35.3 Å². The van der Waals surface area contributed by atoms with E-state index in [0.717, 1.165) is 0 Å². The quantitative estimate of drug-likeness (QED) is 0.0568. The molecule has 1 aromatic rings. The summed E-state index contributed by atoms with van der Waals surface area (Å²) in [5, 5.41) is 26.1. The summed E-state index contributed by atoms with van der Waals surface area (Å²) in [6.45, 7) is 0.155. The smallest absolute Gasteiger partial charge is 0.326 e. The first-order valence-corrected chi connectivity index (χ1v) is 13.5. The van der Waals surface area contributed by atoms with E-state index in [9.17, 15) is 34.2 Å².